The molecular weight excluding hydrogens is 296 g/mol. The fourth-order valence-corrected chi connectivity index (χ4v) is 2.81. The Labute approximate surface area is 136 Å². The molecule has 1 N–H and O–H groups in total. The SMILES string of the molecule is C[C@H](c1nc(C2CC2)no1)N1CC[C@H](NC(=O)OC(C)(C)C)C1. The van der Waals surface area contributed by atoms with Crippen LogP contribution in [-0.4, -0.2) is 45.9 Å². The first-order chi connectivity index (χ1) is 10.8. The Morgan fingerprint density at radius 3 is 2.78 bits per heavy atom. The second-order valence-electron chi connectivity index (χ2n) is 7.57. The van der Waals surface area contributed by atoms with Crippen molar-refractivity contribution < 1.29 is 14.1 Å². The van der Waals surface area contributed by atoms with Crippen LogP contribution < -0.4 is 5.32 Å². The second-order valence-corrected chi connectivity index (χ2v) is 7.57. The highest BCUT2D eigenvalue weighted by Crippen LogP contribution is 2.38. The molecule has 1 saturated heterocycles. The van der Waals surface area contributed by atoms with E-state index in [2.05, 4.69) is 27.3 Å². The molecule has 23 heavy (non-hydrogen) atoms. The van der Waals surface area contributed by atoms with Crippen LogP contribution in [0.5, 0.6) is 0 Å². The van der Waals surface area contributed by atoms with E-state index < -0.39 is 5.60 Å². The van der Waals surface area contributed by atoms with E-state index in [1.165, 1.54) is 12.8 Å². The van der Waals surface area contributed by atoms with Crippen LogP contribution in [0.2, 0.25) is 0 Å². The summed E-state index contributed by atoms with van der Waals surface area (Å²) in [5.74, 6) is 2.01. The lowest BCUT2D eigenvalue weighted by atomic mass is 10.2. The molecule has 0 unspecified atom stereocenters. The summed E-state index contributed by atoms with van der Waals surface area (Å²) in [6.45, 7) is 9.32. The molecule has 7 nitrogen and oxygen atoms in total. The third-order valence-corrected chi connectivity index (χ3v) is 4.25. The third-order valence-electron chi connectivity index (χ3n) is 4.25. The van der Waals surface area contributed by atoms with Gasteiger partial charge in [-0.05, 0) is 47.0 Å². The van der Waals surface area contributed by atoms with Gasteiger partial charge in [0.2, 0.25) is 5.89 Å². The lowest BCUT2D eigenvalue weighted by molar-refractivity contribution is 0.0504. The van der Waals surface area contributed by atoms with Gasteiger partial charge in [-0.2, -0.15) is 4.98 Å². The molecule has 1 aliphatic carbocycles. The summed E-state index contributed by atoms with van der Waals surface area (Å²) < 4.78 is 10.7. The van der Waals surface area contributed by atoms with Gasteiger partial charge in [0.15, 0.2) is 5.82 Å². The molecule has 0 aromatic carbocycles. The van der Waals surface area contributed by atoms with Gasteiger partial charge in [-0.1, -0.05) is 5.16 Å². The summed E-state index contributed by atoms with van der Waals surface area (Å²) in [6.07, 6.45) is 2.87. The molecule has 1 aromatic heterocycles. The number of amides is 1. The molecule has 1 aromatic rings. The summed E-state index contributed by atoms with van der Waals surface area (Å²) in [6, 6.07) is 0.165. The molecule has 1 amide bonds. The number of aromatic nitrogens is 2. The van der Waals surface area contributed by atoms with Gasteiger partial charge >= 0.3 is 6.09 Å². The number of alkyl carbamates (subject to hydrolysis) is 1. The van der Waals surface area contributed by atoms with Crippen molar-refractivity contribution in [2.75, 3.05) is 13.1 Å². The first kappa shape index (κ1) is 16.2. The molecule has 2 atom stereocenters. The summed E-state index contributed by atoms with van der Waals surface area (Å²) in [5.41, 5.74) is -0.474. The smallest absolute Gasteiger partial charge is 0.407 e. The van der Waals surface area contributed by atoms with Crippen molar-refractivity contribution in [3.8, 4) is 0 Å². The van der Waals surface area contributed by atoms with E-state index in [0.717, 1.165) is 25.3 Å². The predicted molar refractivity (Wildman–Crippen MR) is 84.0 cm³/mol. The van der Waals surface area contributed by atoms with E-state index in [9.17, 15) is 4.79 Å². The molecule has 128 valence electrons. The molecule has 1 aliphatic heterocycles. The maximum atomic E-state index is 11.9. The van der Waals surface area contributed by atoms with Crippen molar-refractivity contribution in [3.63, 3.8) is 0 Å². The predicted octanol–water partition coefficient (Wildman–Crippen LogP) is 2.61. The molecule has 3 rings (SSSR count). The van der Waals surface area contributed by atoms with Crippen molar-refractivity contribution in [1.29, 1.82) is 0 Å². The number of carbonyl (C=O) groups is 1. The monoisotopic (exact) mass is 322 g/mol. The number of rotatable bonds is 4. The Hall–Kier alpha value is -1.63. The zero-order valence-corrected chi connectivity index (χ0v) is 14.3. The summed E-state index contributed by atoms with van der Waals surface area (Å²) >= 11 is 0. The van der Waals surface area contributed by atoms with Gasteiger partial charge in [-0.15, -0.1) is 0 Å². The number of hydrogen-bond donors (Lipinski definition) is 1. The van der Waals surface area contributed by atoms with Crippen LogP contribution in [-0.2, 0) is 4.74 Å². The number of hydrogen-bond acceptors (Lipinski definition) is 6. The first-order valence-electron chi connectivity index (χ1n) is 8.39. The number of carbonyl (C=O) groups excluding carboxylic acids is 1. The number of nitrogens with one attached hydrogen (secondary N) is 1. The van der Waals surface area contributed by atoms with Crippen LogP contribution >= 0.6 is 0 Å². The Morgan fingerprint density at radius 2 is 2.13 bits per heavy atom. The van der Waals surface area contributed by atoms with Gasteiger partial charge in [0, 0.05) is 25.0 Å². The minimum atomic E-state index is -0.474. The van der Waals surface area contributed by atoms with Crippen LogP contribution in [0.4, 0.5) is 4.79 Å². The molecule has 2 fully saturated rings. The molecule has 0 radical (unpaired) electrons. The zero-order valence-electron chi connectivity index (χ0n) is 14.3. The summed E-state index contributed by atoms with van der Waals surface area (Å²) in [7, 11) is 0. The average molecular weight is 322 g/mol. The van der Waals surface area contributed by atoms with Crippen molar-refractivity contribution in [2.24, 2.45) is 0 Å². The average Bonchev–Trinajstić information content (AvgIpc) is 2.99. The molecule has 0 bridgehead atoms. The maximum absolute atomic E-state index is 11.9. The Kier molecular flexibility index (Phi) is 4.31. The molecular formula is C16H26N4O3. The van der Waals surface area contributed by atoms with Crippen LogP contribution in [0.15, 0.2) is 4.52 Å². The Morgan fingerprint density at radius 1 is 1.39 bits per heavy atom. The van der Waals surface area contributed by atoms with Crippen molar-refractivity contribution in [2.45, 2.75) is 70.6 Å². The van der Waals surface area contributed by atoms with E-state index in [0.29, 0.717) is 11.8 Å². The van der Waals surface area contributed by atoms with Gasteiger partial charge in [0.25, 0.3) is 0 Å². The highest BCUT2D eigenvalue weighted by molar-refractivity contribution is 5.68. The summed E-state index contributed by atoms with van der Waals surface area (Å²) in [5, 5.41) is 7.01. The lowest BCUT2D eigenvalue weighted by Crippen LogP contribution is -2.40. The Bertz CT molecular complexity index is 562. The molecule has 1 saturated carbocycles. The van der Waals surface area contributed by atoms with Gasteiger partial charge in [0.05, 0.1) is 6.04 Å². The standard InChI is InChI=1S/C16H26N4O3/c1-10(14-18-13(19-23-14)11-5-6-11)20-8-7-12(9-20)17-15(21)22-16(2,3)4/h10-12H,5-9H2,1-4H3,(H,17,21)/t10-,12+/m1/s1. The highest BCUT2D eigenvalue weighted by Gasteiger charge is 2.33. The first-order valence-corrected chi connectivity index (χ1v) is 8.39. The largest absolute Gasteiger partial charge is 0.444 e. The number of likely N-dealkylation sites (tertiary alicyclic amines) is 1. The van der Waals surface area contributed by atoms with Crippen LogP contribution in [0.3, 0.4) is 0 Å². The van der Waals surface area contributed by atoms with Crippen molar-refractivity contribution in [1.82, 2.24) is 20.4 Å². The van der Waals surface area contributed by atoms with Crippen LogP contribution in [0, 0.1) is 0 Å². The molecule has 0 spiro atoms. The summed E-state index contributed by atoms with van der Waals surface area (Å²) in [4.78, 5) is 18.6. The van der Waals surface area contributed by atoms with Gasteiger partial charge in [0.1, 0.15) is 5.60 Å². The van der Waals surface area contributed by atoms with E-state index in [1.807, 2.05) is 20.8 Å². The zero-order chi connectivity index (χ0) is 16.6. The van der Waals surface area contributed by atoms with Crippen LogP contribution in [0.25, 0.3) is 0 Å². The molecule has 2 aliphatic rings. The maximum Gasteiger partial charge on any atom is 0.407 e. The van der Waals surface area contributed by atoms with Crippen molar-refractivity contribution in [3.05, 3.63) is 11.7 Å². The minimum absolute atomic E-state index is 0.0698. The van der Waals surface area contributed by atoms with E-state index in [1.54, 1.807) is 0 Å². The lowest BCUT2D eigenvalue weighted by Gasteiger charge is -2.23. The normalized spacial score (nSPS) is 23.7. The topological polar surface area (TPSA) is 80.5 Å². The second kappa shape index (κ2) is 6.11. The van der Waals surface area contributed by atoms with Gasteiger partial charge in [-0.3, -0.25) is 4.90 Å². The van der Waals surface area contributed by atoms with Crippen LogP contribution in [0.1, 0.15) is 70.6 Å². The number of nitrogens with zero attached hydrogens (tertiary/aromatic N) is 3. The fraction of sp³-hybridized carbons (Fsp3) is 0.812. The van der Waals surface area contributed by atoms with Crippen molar-refractivity contribution >= 4 is 6.09 Å². The van der Waals surface area contributed by atoms with E-state index >= 15 is 0 Å². The molecule has 2 heterocycles. The Balaban J connectivity index is 1.51. The number of ether oxygens (including phenoxy) is 1. The quantitative estimate of drug-likeness (QED) is 0.918. The minimum Gasteiger partial charge on any atom is -0.444 e. The fourth-order valence-electron chi connectivity index (χ4n) is 2.81. The third kappa shape index (κ3) is 4.22. The molecule has 7 heteroatoms. The van der Waals surface area contributed by atoms with Gasteiger partial charge in [-0.25, -0.2) is 4.79 Å². The highest BCUT2D eigenvalue weighted by atomic mass is 16.6. The van der Waals surface area contributed by atoms with E-state index in [-0.39, 0.29) is 18.2 Å². The van der Waals surface area contributed by atoms with Gasteiger partial charge < -0.3 is 14.6 Å². The van der Waals surface area contributed by atoms with E-state index in [4.69, 9.17) is 9.26 Å².